The lowest BCUT2D eigenvalue weighted by atomic mass is 10.1. The number of nitrogens with two attached hydrogens (primary N) is 1. The van der Waals surface area contributed by atoms with Crippen molar-refractivity contribution in [3.05, 3.63) is 23.8 Å². The number of hydrogen-bond donors (Lipinski definition) is 3. The Morgan fingerprint density at radius 1 is 1.17 bits per heavy atom. The SMILES string of the molecule is Nc1cc(C(F)(F)F)ccc1NCCCCCO. The molecule has 0 amide bonds. The number of benzene rings is 1. The molecule has 1 rings (SSSR count). The Labute approximate surface area is 104 Å². The van der Waals surface area contributed by atoms with Gasteiger partial charge in [0, 0.05) is 13.2 Å². The summed E-state index contributed by atoms with van der Waals surface area (Å²) < 4.78 is 37.2. The first-order valence-electron chi connectivity index (χ1n) is 5.76. The molecule has 6 heteroatoms. The minimum Gasteiger partial charge on any atom is -0.397 e. The molecular weight excluding hydrogens is 245 g/mol. The van der Waals surface area contributed by atoms with Crippen LogP contribution in [0.4, 0.5) is 24.5 Å². The zero-order valence-electron chi connectivity index (χ0n) is 9.93. The van der Waals surface area contributed by atoms with Crippen LogP contribution in [0, 0.1) is 0 Å². The monoisotopic (exact) mass is 262 g/mol. The molecule has 4 N–H and O–H groups in total. The van der Waals surface area contributed by atoms with Gasteiger partial charge < -0.3 is 16.2 Å². The molecule has 0 fully saturated rings. The first-order valence-corrected chi connectivity index (χ1v) is 5.76. The molecule has 18 heavy (non-hydrogen) atoms. The summed E-state index contributed by atoms with van der Waals surface area (Å²) in [6.45, 7) is 0.776. The van der Waals surface area contributed by atoms with E-state index in [0.29, 0.717) is 12.2 Å². The van der Waals surface area contributed by atoms with Gasteiger partial charge in [0.25, 0.3) is 0 Å². The first-order chi connectivity index (χ1) is 8.45. The second-order valence-electron chi connectivity index (χ2n) is 4.01. The first kappa shape index (κ1) is 14.6. The molecule has 0 aliphatic heterocycles. The van der Waals surface area contributed by atoms with Gasteiger partial charge in [-0.15, -0.1) is 0 Å². The second kappa shape index (κ2) is 6.49. The number of unbranched alkanes of at least 4 members (excludes halogenated alkanes) is 2. The molecule has 0 aliphatic carbocycles. The van der Waals surface area contributed by atoms with Crippen LogP contribution in [0.3, 0.4) is 0 Å². The highest BCUT2D eigenvalue weighted by Crippen LogP contribution is 2.32. The van der Waals surface area contributed by atoms with Gasteiger partial charge in [-0.3, -0.25) is 0 Å². The normalized spacial score (nSPS) is 11.6. The maximum absolute atomic E-state index is 12.4. The van der Waals surface area contributed by atoms with E-state index < -0.39 is 11.7 Å². The van der Waals surface area contributed by atoms with Crippen molar-refractivity contribution >= 4 is 11.4 Å². The van der Waals surface area contributed by atoms with E-state index in [-0.39, 0.29) is 12.3 Å². The minimum atomic E-state index is -4.37. The van der Waals surface area contributed by atoms with Gasteiger partial charge >= 0.3 is 6.18 Å². The third-order valence-corrected chi connectivity index (χ3v) is 2.53. The summed E-state index contributed by atoms with van der Waals surface area (Å²) >= 11 is 0. The van der Waals surface area contributed by atoms with Crippen LogP contribution in [-0.4, -0.2) is 18.3 Å². The van der Waals surface area contributed by atoms with Crippen LogP contribution >= 0.6 is 0 Å². The zero-order chi connectivity index (χ0) is 13.6. The van der Waals surface area contributed by atoms with Gasteiger partial charge in [0.05, 0.1) is 16.9 Å². The summed E-state index contributed by atoms with van der Waals surface area (Å²) in [5.74, 6) is 0. The van der Waals surface area contributed by atoms with Crippen molar-refractivity contribution in [2.45, 2.75) is 25.4 Å². The Morgan fingerprint density at radius 3 is 2.44 bits per heavy atom. The summed E-state index contributed by atoms with van der Waals surface area (Å²) in [7, 11) is 0. The number of halogens is 3. The Balaban J connectivity index is 2.53. The molecule has 102 valence electrons. The summed E-state index contributed by atoms with van der Waals surface area (Å²) in [6.07, 6.45) is -1.94. The van der Waals surface area contributed by atoms with E-state index in [4.69, 9.17) is 10.8 Å². The molecule has 0 saturated heterocycles. The third kappa shape index (κ3) is 4.44. The maximum atomic E-state index is 12.4. The van der Waals surface area contributed by atoms with E-state index in [9.17, 15) is 13.2 Å². The molecule has 0 saturated carbocycles. The highest BCUT2D eigenvalue weighted by molar-refractivity contribution is 5.67. The number of aliphatic hydroxyl groups is 1. The average molecular weight is 262 g/mol. The quantitative estimate of drug-likeness (QED) is 0.545. The highest BCUT2D eigenvalue weighted by Gasteiger charge is 2.30. The smallest absolute Gasteiger partial charge is 0.397 e. The van der Waals surface area contributed by atoms with Crippen molar-refractivity contribution in [1.29, 1.82) is 0 Å². The minimum absolute atomic E-state index is 0.0898. The number of aliphatic hydroxyl groups excluding tert-OH is 1. The Bertz CT molecular complexity index is 380. The topological polar surface area (TPSA) is 58.3 Å². The van der Waals surface area contributed by atoms with Crippen molar-refractivity contribution in [2.75, 3.05) is 24.2 Å². The summed E-state index contributed by atoms with van der Waals surface area (Å²) in [4.78, 5) is 0. The van der Waals surface area contributed by atoms with Crippen LogP contribution in [0.15, 0.2) is 18.2 Å². The van der Waals surface area contributed by atoms with Crippen LogP contribution in [0.5, 0.6) is 0 Å². The van der Waals surface area contributed by atoms with E-state index in [0.717, 1.165) is 31.4 Å². The van der Waals surface area contributed by atoms with Gasteiger partial charge in [-0.1, -0.05) is 0 Å². The van der Waals surface area contributed by atoms with Gasteiger partial charge in [0.1, 0.15) is 0 Å². The van der Waals surface area contributed by atoms with Gasteiger partial charge in [-0.25, -0.2) is 0 Å². The molecule has 0 aliphatic rings. The Hall–Kier alpha value is -1.43. The van der Waals surface area contributed by atoms with E-state index in [1.165, 1.54) is 6.07 Å². The zero-order valence-corrected chi connectivity index (χ0v) is 9.93. The van der Waals surface area contributed by atoms with E-state index in [2.05, 4.69) is 5.32 Å². The lowest BCUT2D eigenvalue weighted by molar-refractivity contribution is -0.137. The predicted molar refractivity (Wildman–Crippen MR) is 65.3 cm³/mol. The number of anilines is 2. The summed E-state index contributed by atoms with van der Waals surface area (Å²) in [5.41, 5.74) is 5.41. The number of alkyl halides is 3. The van der Waals surface area contributed by atoms with Gasteiger partial charge in [0.2, 0.25) is 0 Å². The lowest BCUT2D eigenvalue weighted by Gasteiger charge is -2.12. The second-order valence-corrected chi connectivity index (χ2v) is 4.01. The molecule has 0 atom stereocenters. The van der Waals surface area contributed by atoms with E-state index in [1.807, 2.05) is 0 Å². The van der Waals surface area contributed by atoms with Crippen molar-refractivity contribution in [3.8, 4) is 0 Å². The van der Waals surface area contributed by atoms with E-state index in [1.54, 1.807) is 0 Å². The fourth-order valence-electron chi connectivity index (χ4n) is 1.54. The highest BCUT2D eigenvalue weighted by atomic mass is 19.4. The van der Waals surface area contributed by atoms with Gasteiger partial charge in [-0.05, 0) is 37.5 Å². The summed E-state index contributed by atoms with van der Waals surface area (Å²) in [6, 6.07) is 3.27. The van der Waals surface area contributed by atoms with E-state index >= 15 is 0 Å². The molecule has 0 aromatic heterocycles. The molecule has 0 bridgehead atoms. The standard InChI is InChI=1S/C12H17F3N2O/c13-12(14,15)9-4-5-11(10(16)8-9)17-6-2-1-3-7-18/h4-5,8,17-18H,1-3,6-7,16H2. The molecule has 0 unspecified atom stereocenters. The molecular formula is C12H17F3N2O. The maximum Gasteiger partial charge on any atom is 0.416 e. The molecule has 1 aromatic carbocycles. The molecule has 3 nitrogen and oxygen atoms in total. The summed E-state index contributed by atoms with van der Waals surface area (Å²) in [5, 5.41) is 11.6. The van der Waals surface area contributed by atoms with Crippen molar-refractivity contribution < 1.29 is 18.3 Å². The Kier molecular flexibility index (Phi) is 5.27. The fraction of sp³-hybridized carbons (Fsp3) is 0.500. The lowest BCUT2D eigenvalue weighted by Crippen LogP contribution is -2.08. The third-order valence-electron chi connectivity index (χ3n) is 2.53. The average Bonchev–Trinajstić information content (AvgIpc) is 2.29. The van der Waals surface area contributed by atoms with Crippen LogP contribution in [0.25, 0.3) is 0 Å². The molecule has 0 spiro atoms. The van der Waals surface area contributed by atoms with Crippen LogP contribution in [-0.2, 0) is 6.18 Å². The van der Waals surface area contributed by atoms with Crippen LogP contribution in [0.1, 0.15) is 24.8 Å². The largest absolute Gasteiger partial charge is 0.416 e. The fourth-order valence-corrected chi connectivity index (χ4v) is 1.54. The van der Waals surface area contributed by atoms with Gasteiger partial charge in [-0.2, -0.15) is 13.2 Å². The molecule has 0 radical (unpaired) electrons. The number of nitrogens with one attached hydrogen (secondary N) is 1. The number of nitrogen functional groups attached to an aromatic ring is 1. The van der Waals surface area contributed by atoms with Crippen molar-refractivity contribution in [1.82, 2.24) is 0 Å². The number of rotatable bonds is 6. The number of hydrogen-bond acceptors (Lipinski definition) is 3. The molecule has 1 aromatic rings. The Morgan fingerprint density at radius 2 is 1.89 bits per heavy atom. The van der Waals surface area contributed by atoms with Crippen LogP contribution < -0.4 is 11.1 Å². The molecule has 0 heterocycles. The van der Waals surface area contributed by atoms with Crippen molar-refractivity contribution in [2.24, 2.45) is 0 Å². The van der Waals surface area contributed by atoms with Crippen molar-refractivity contribution in [3.63, 3.8) is 0 Å². The predicted octanol–water partition coefficient (Wildman–Crippen LogP) is 2.86. The van der Waals surface area contributed by atoms with Crippen LogP contribution in [0.2, 0.25) is 0 Å². The van der Waals surface area contributed by atoms with Gasteiger partial charge in [0.15, 0.2) is 0 Å².